The molecule has 7 rings (SSSR count). The number of rotatable bonds is 12. The lowest BCUT2D eigenvalue weighted by atomic mass is 9.51. The number of nitrogens with zero attached hydrogens (tertiary/aromatic N) is 2. The van der Waals surface area contributed by atoms with Gasteiger partial charge in [-0.05, 0) is 75.0 Å². The second kappa shape index (κ2) is 12.0. The second-order valence-electron chi connectivity index (χ2n) is 14.7. The molecule has 1 N–H and O–H groups in total. The molecule has 0 aromatic heterocycles. The maximum absolute atomic E-state index is 14.0. The zero-order chi connectivity index (χ0) is 28.8. The minimum Gasteiger partial charge on any atom is -0.493 e. The first-order valence-electron chi connectivity index (χ1n) is 17.6. The highest BCUT2D eigenvalue weighted by molar-refractivity contribution is 5.77. The zero-order valence-electron chi connectivity index (χ0n) is 26.2. The molecule has 1 aromatic rings. The van der Waals surface area contributed by atoms with Crippen LogP contribution in [-0.4, -0.2) is 71.8 Å². The largest absolute Gasteiger partial charge is 0.493 e. The first-order chi connectivity index (χ1) is 20.5. The quantitative estimate of drug-likeness (QED) is 0.297. The van der Waals surface area contributed by atoms with Crippen molar-refractivity contribution < 1.29 is 19.4 Å². The van der Waals surface area contributed by atoms with Crippen LogP contribution < -0.4 is 9.47 Å². The summed E-state index contributed by atoms with van der Waals surface area (Å²) < 4.78 is 13.0. The van der Waals surface area contributed by atoms with Gasteiger partial charge in [-0.1, -0.05) is 64.4 Å². The number of aliphatic hydroxyl groups is 1. The average molecular weight is 579 g/mol. The number of ether oxygens (including phenoxy) is 2. The molecule has 2 aliphatic heterocycles. The van der Waals surface area contributed by atoms with Gasteiger partial charge in [-0.3, -0.25) is 9.69 Å². The number of hydrogen-bond acceptors (Lipinski definition) is 5. The summed E-state index contributed by atoms with van der Waals surface area (Å²) in [4.78, 5) is 19.0. The van der Waals surface area contributed by atoms with E-state index < -0.39 is 0 Å². The lowest BCUT2D eigenvalue weighted by molar-refractivity contribution is -0.143. The summed E-state index contributed by atoms with van der Waals surface area (Å²) in [5.74, 6) is 4.04. The van der Waals surface area contributed by atoms with E-state index in [9.17, 15) is 9.90 Å². The summed E-state index contributed by atoms with van der Waals surface area (Å²) in [5.41, 5.74) is 2.79. The van der Waals surface area contributed by atoms with Gasteiger partial charge in [-0.15, -0.1) is 0 Å². The molecule has 232 valence electrons. The first kappa shape index (κ1) is 29.0. The van der Waals surface area contributed by atoms with E-state index in [1.54, 1.807) is 7.11 Å². The molecule has 3 saturated carbocycles. The third-order valence-corrected chi connectivity index (χ3v) is 12.4. The van der Waals surface area contributed by atoms with Crippen molar-refractivity contribution in [1.29, 1.82) is 0 Å². The van der Waals surface area contributed by atoms with Crippen LogP contribution in [0.15, 0.2) is 12.1 Å². The number of unbranched alkanes of at least 4 members (excludes halogenated alkanes) is 2. The maximum atomic E-state index is 14.0. The molecule has 0 radical (unpaired) electrons. The van der Waals surface area contributed by atoms with Crippen molar-refractivity contribution >= 4 is 5.91 Å². The van der Waals surface area contributed by atoms with Crippen molar-refractivity contribution in [2.24, 2.45) is 17.8 Å². The van der Waals surface area contributed by atoms with Gasteiger partial charge in [0.1, 0.15) is 6.10 Å². The standard InChI is InChI=1S/C36H54N2O4/c1-3-4-19-38(32(40)13-9-8-12-24-10-6-5-7-11-24)28-16-15-27-29-21-25-14-17-31(41-2)34-33(25)36(27,35(28)42-34)18-20-37(29)23-26-22-30(26)39/h14,17,24,26-30,35,39H,3-13,15-16,18-23H2,1-2H3/t26?,27-,28+,29+,30?,35-,36-/m0/s1. The number of hydrogen-bond donors (Lipinski definition) is 1. The van der Waals surface area contributed by atoms with Crippen LogP contribution in [0, 0.1) is 17.8 Å². The summed E-state index contributed by atoms with van der Waals surface area (Å²) >= 11 is 0. The summed E-state index contributed by atoms with van der Waals surface area (Å²) in [6.45, 7) is 5.16. The average Bonchev–Trinajstić information content (AvgIpc) is 3.59. The van der Waals surface area contributed by atoms with Crippen molar-refractivity contribution in [3.05, 3.63) is 23.3 Å². The summed E-state index contributed by atoms with van der Waals surface area (Å²) in [6, 6.07) is 5.01. The topological polar surface area (TPSA) is 62.2 Å². The first-order valence-corrected chi connectivity index (χ1v) is 17.6. The number of carbonyl (C=O) groups excluding carboxylic acids is 1. The Balaban J connectivity index is 1.14. The maximum Gasteiger partial charge on any atom is 0.222 e. The molecule has 6 heteroatoms. The van der Waals surface area contributed by atoms with E-state index in [1.165, 1.54) is 56.1 Å². The summed E-state index contributed by atoms with van der Waals surface area (Å²) in [7, 11) is 1.76. The molecule has 2 bridgehead atoms. The van der Waals surface area contributed by atoms with E-state index in [2.05, 4.69) is 28.9 Å². The molecule has 2 heterocycles. The lowest BCUT2D eigenvalue weighted by Crippen LogP contribution is -2.69. The third kappa shape index (κ3) is 4.97. The number of benzene rings is 1. The van der Waals surface area contributed by atoms with Crippen molar-refractivity contribution in [2.45, 2.75) is 139 Å². The Morgan fingerprint density at radius 3 is 2.74 bits per heavy atom. The Morgan fingerprint density at radius 2 is 1.98 bits per heavy atom. The van der Waals surface area contributed by atoms with Gasteiger partial charge in [-0.2, -0.15) is 0 Å². The van der Waals surface area contributed by atoms with E-state index in [4.69, 9.17) is 9.47 Å². The van der Waals surface area contributed by atoms with Gasteiger partial charge in [0.25, 0.3) is 0 Å². The molecule has 2 unspecified atom stereocenters. The Hall–Kier alpha value is -1.79. The van der Waals surface area contributed by atoms with Gasteiger partial charge >= 0.3 is 0 Å². The smallest absolute Gasteiger partial charge is 0.222 e. The van der Waals surface area contributed by atoms with Gasteiger partial charge in [0.05, 0.1) is 19.3 Å². The van der Waals surface area contributed by atoms with E-state index in [0.717, 1.165) is 88.4 Å². The number of likely N-dealkylation sites (tertiary alicyclic amines) is 1. The molecule has 1 amide bonds. The Kier molecular flexibility index (Phi) is 8.24. The molecule has 7 atom stereocenters. The minimum atomic E-state index is -0.105. The van der Waals surface area contributed by atoms with Crippen LogP contribution in [0.1, 0.15) is 114 Å². The number of amides is 1. The number of aliphatic hydroxyl groups excluding tert-OH is 1. The molecule has 1 aromatic carbocycles. The fourth-order valence-electron chi connectivity index (χ4n) is 10.2. The van der Waals surface area contributed by atoms with E-state index in [-0.39, 0.29) is 23.7 Å². The molecule has 4 aliphatic carbocycles. The van der Waals surface area contributed by atoms with Crippen LogP contribution >= 0.6 is 0 Å². The van der Waals surface area contributed by atoms with Gasteiger partial charge in [0.15, 0.2) is 11.5 Å². The van der Waals surface area contributed by atoms with Gasteiger partial charge in [-0.25, -0.2) is 0 Å². The lowest BCUT2D eigenvalue weighted by Gasteiger charge is -2.60. The molecular weight excluding hydrogens is 524 g/mol. The van der Waals surface area contributed by atoms with Crippen molar-refractivity contribution in [1.82, 2.24) is 9.80 Å². The number of methoxy groups -OCH3 is 1. The van der Waals surface area contributed by atoms with Crippen molar-refractivity contribution in [2.75, 3.05) is 26.7 Å². The third-order valence-electron chi connectivity index (χ3n) is 12.4. The second-order valence-corrected chi connectivity index (χ2v) is 14.7. The Bertz CT molecular complexity index is 1130. The predicted octanol–water partition coefficient (Wildman–Crippen LogP) is 6.25. The minimum absolute atomic E-state index is 0.000750. The molecule has 4 fully saturated rings. The molecule has 1 saturated heterocycles. The SMILES string of the molecule is CCCCN(C(=O)CCCCC1CCCCC1)[C@@H]1CC[C@H]2[C@H]3Cc4ccc(OC)c5c4[C@@]2(CCN3CC2CC2O)[C@H]1O5. The zero-order valence-corrected chi connectivity index (χ0v) is 26.2. The highest BCUT2D eigenvalue weighted by atomic mass is 16.5. The molecule has 6 aliphatic rings. The molecule has 1 spiro atoms. The number of carbonyl (C=O) groups is 1. The molecule has 42 heavy (non-hydrogen) atoms. The highest BCUT2D eigenvalue weighted by Gasteiger charge is 2.67. The monoisotopic (exact) mass is 578 g/mol. The Morgan fingerprint density at radius 1 is 1.14 bits per heavy atom. The van der Waals surface area contributed by atoms with Crippen LogP contribution in [0.3, 0.4) is 0 Å². The van der Waals surface area contributed by atoms with Crippen LogP contribution in [0.4, 0.5) is 0 Å². The fourth-order valence-corrected chi connectivity index (χ4v) is 10.2. The van der Waals surface area contributed by atoms with Gasteiger partial charge < -0.3 is 19.5 Å². The Labute approximate surface area is 253 Å². The van der Waals surface area contributed by atoms with Gasteiger partial charge in [0, 0.05) is 42.4 Å². The van der Waals surface area contributed by atoms with E-state index in [1.807, 2.05) is 0 Å². The summed E-state index contributed by atoms with van der Waals surface area (Å²) in [5, 5.41) is 10.1. The highest BCUT2D eigenvalue weighted by Crippen LogP contribution is 2.64. The summed E-state index contributed by atoms with van der Waals surface area (Å²) in [6.07, 6.45) is 18.5. The number of piperidine rings is 1. The van der Waals surface area contributed by atoms with E-state index >= 15 is 0 Å². The molecule has 6 nitrogen and oxygen atoms in total. The van der Waals surface area contributed by atoms with Crippen LogP contribution in [0.25, 0.3) is 0 Å². The normalized spacial score (nSPS) is 34.9. The van der Waals surface area contributed by atoms with E-state index in [0.29, 0.717) is 30.2 Å². The van der Waals surface area contributed by atoms with Gasteiger partial charge in [0.2, 0.25) is 5.91 Å². The van der Waals surface area contributed by atoms with Crippen molar-refractivity contribution in [3.63, 3.8) is 0 Å². The predicted molar refractivity (Wildman–Crippen MR) is 165 cm³/mol. The molecular formula is C36H54N2O4. The fraction of sp³-hybridized carbons (Fsp3) is 0.806. The van der Waals surface area contributed by atoms with Crippen molar-refractivity contribution in [3.8, 4) is 11.5 Å². The van der Waals surface area contributed by atoms with Crippen LogP contribution in [0.2, 0.25) is 0 Å². The van der Waals surface area contributed by atoms with Crippen LogP contribution in [-0.2, 0) is 16.6 Å². The van der Waals surface area contributed by atoms with Crippen LogP contribution in [0.5, 0.6) is 11.5 Å².